The van der Waals surface area contributed by atoms with Gasteiger partial charge in [0.05, 0.1) is 10.9 Å². The van der Waals surface area contributed by atoms with Gasteiger partial charge >= 0.3 is 0 Å². The van der Waals surface area contributed by atoms with E-state index in [-0.39, 0.29) is 16.8 Å². The van der Waals surface area contributed by atoms with Crippen molar-refractivity contribution >= 4 is 33.2 Å². The molecule has 2 heterocycles. The zero-order valence-electron chi connectivity index (χ0n) is 8.65. The van der Waals surface area contributed by atoms with Crippen molar-refractivity contribution < 1.29 is 4.79 Å². The van der Waals surface area contributed by atoms with E-state index in [9.17, 15) is 4.79 Å². The van der Waals surface area contributed by atoms with Gasteiger partial charge in [-0.15, -0.1) is 0 Å². The third-order valence-electron chi connectivity index (χ3n) is 2.90. The minimum absolute atomic E-state index is 0.0207. The van der Waals surface area contributed by atoms with Crippen LogP contribution in [-0.4, -0.2) is 22.2 Å². The van der Waals surface area contributed by atoms with E-state index in [4.69, 9.17) is 0 Å². The Labute approximate surface area is 102 Å². The molecule has 2 unspecified atom stereocenters. The molecule has 0 aliphatic carbocycles. The van der Waals surface area contributed by atoms with Gasteiger partial charge in [0.15, 0.2) is 0 Å². The Bertz CT molecular complexity index is 338. The molecule has 4 heteroatoms. The number of thiophene rings is 1. The molecule has 1 aliphatic rings. The van der Waals surface area contributed by atoms with E-state index in [0.29, 0.717) is 0 Å². The number of piperidine rings is 1. The topological polar surface area (TPSA) is 20.3 Å². The molecule has 1 saturated heterocycles. The van der Waals surface area contributed by atoms with Gasteiger partial charge in [-0.1, -0.05) is 15.9 Å². The van der Waals surface area contributed by atoms with Crippen LogP contribution in [-0.2, 0) is 4.79 Å². The Kier molecular flexibility index (Phi) is 3.46. The van der Waals surface area contributed by atoms with Crippen LogP contribution >= 0.6 is 27.3 Å². The van der Waals surface area contributed by atoms with Gasteiger partial charge in [0.2, 0.25) is 5.91 Å². The summed E-state index contributed by atoms with van der Waals surface area (Å²) in [5.41, 5.74) is 1.25. The molecule has 1 amide bonds. The second-order valence-corrected chi connectivity index (χ2v) is 5.76. The number of hydrogen-bond acceptors (Lipinski definition) is 2. The lowest BCUT2D eigenvalue weighted by Gasteiger charge is -2.34. The lowest BCUT2D eigenvalue weighted by atomic mass is 10.1. The zero-order chi connectivity index (χ0) is 10.8. The highest BCUT2D eigenvalue weighted by Gasteiger charge is 2.30. The first kappa shape index (κ1) is 11.1. The van der Waals surface area contributed by atoms with E-state index >= 15 is 0 Å². The van der Waals surface area contributed by atoms with Gasteiger partial charge in [0, 0.05) is 6.54 Å². The Hall–Kier alpha value is -0.350. The SMILES string of the molecule is CC(c1ccsc1)N1CCCC(Br)C1=O. The molecule has 0 N–H and O–H groups in total. The monoisotopic (exact) mass is 287 g/mol. The van der Waals surface area contributed by atoms with Crippen molar-refractivity contribution in [2.24, 2.45) is 0 Å². The van der Waals surface area contributed by atoms with Crippen LogP contribution in [0, 0.1) is 0 Å². The summed E-state index contributed by atoms with van der Waals surface area (Å²) in [5, 5.41) is 4.18. The number of hydrogen-bond donors (Lipinski definition) is 0. The molecule has 0 spiro atoms. The van der Waals surface area contributed by atoms with E-state index in [1.165, 1.54) is 5.56 Å². The number of nitrogens with zero attached hydrogens (tertiary/aromatic N) is 1. The third kappa shape index (κ3) is 2.26. The normalized spacial score (nSPS) is 24.3. The molecule has 1 aromatic rings. The second kappa shape index (κ2) is 4.66. The maximum absolute atomic E-state index is 11.9. The summed E-state index contributed by atoms with van der Waals surface area (Å²) < 4.78 is 0. The van der Waals surface area contributed by atoms with Crippen LogP contribution < -0.4 is 0 Å². The smallest absolute Gasteiger partial charge is 0.236 e. The highest BCUT2D eigenvalue weighted by atomic mass is 79.9. The maximum Gasteiger partial charge on any atom is 0.236 e. The van der Waals surface area contributed by atoms with E-state index < -0.39 is 0 Å². The first-order valence-corrected chi connectivity index (χ1v) is 7.02. The van der Waals surface area contributed by atoms with Crippen molar-refractivity contribution in [2.45, 2.75) is 30.6 Å². The minimum atomic E-state index is 0.0207. The molecule has 1 aromatic heterocycles. The Morgan fingerprint density at radius 2 is 2.47 bits per heavy atom. The molecule has 0 aromatic carbocycles. The number of likely N-dealkylation sites (tertiary alicyclic amines) is 1. The number of carbonyl (C=O) groups is 1. The number of alkyl halides is 1. The number of rotatable bonds is 2. The van der Waals surface area contributed by atoms with Crippen molar-refractivity contribution in [2.75, 3.05) is 6.54 Å². The second-order valence-electron chi connectivity index (χ2n) is 3.87. The van der Waals surface area contributed by atoms with E-state index in [1.807, 2.05) is 4.90 Å². The molecule has 0 radical (unpaired) electrons. The van der Waals surface area contributed by atoms with Crippen molar-refractivity contribution in [3.8, 4) is 0 Å². The van der Waals surface area contributed by atoms with Crippen LogP contribution in [0.25, 0.3) is 0 Å². The average molecular weight is 288 g/mol. The van der Waals surface area contributed by atoms with Gasteiger partial charge in [-0.2, -0.15) is 11.3 Å². The van der Waals surface area contributed by atoms with Gasteiger partial charge in [-0.3, -0.25) is 4.79 Å². The predicted octanol–water partition coefficient (Wildman–Crippen LogP) is 3.20. The maximum atomic E-state index is 11.9. The zero-order valence-corrected chi connectivity index (χ0v) is 11.1. The summed E-state index contributed by atoms with van der Waals surface area (Å²) in [6.45, 7) is 2.99. The highest BCUT2D eigenvalue weighted by Crippen LogP contribution is 2.28. The molecule has 2 nitrogen and oxygen atoms in total. The van der Waals surface area contributed by atoms with Gasteiger partial charge in [0.1, 0.15) is 0 Å². The average Bonchev–Trinajstić information content (AvgIpc) is 2.74. The van der Waals surface area contributed by atoms with Crippen LogP contribution in [0.4, 0.5) is 0 Å². The van der Waals surface area contributed by atoms with Gasteiger partial charge in [0.25, 0.3) is 0 Å². The van der Waals surface area contributed by atoms with Crippen LogP contribution in [0.3, 0.4) is 0 Å². The summed E-state index contributed by atoms with van der Waals surface area (Å²) in [6.07, 6.45) is 2.06. The fourth-order valence-corrected chi connectivity index (χ4v) is 3.27. The molecular formula is C11H14BrNOS. The molecule has 1 aliphatic heterocycles. The van der Waals surface area contributed by atoms with Crippen molar-refractivity contribution in [1.29, 1.82) is 0 Å². The van der Waals surface area contributed by atoms with Crippen LogP contribution in [0.15, 0.2) is 16.8 Å². The Morgan fingerprint density at radius 3 is 3.13 bits per heavy atom. The quantitative estimate of drug-likeness (QED) is 0.765. The molecule has 82 valence electrons. The summed E-state index contributed by atoms with van der Waals surface area (Å²) in [5.74, 6) is 0.236. The van der Waals surface area contributed by atoms with Crippen LogP contribution in [0.5, 0.6) is 0 Å². The fourth-order valence-electron chi connectivity index (χ4n) is 1.93. The molecule has 0 saturated carbocycles. The lowest BCUT2D eigenvalue weighted by Crippen LogP contribution is -2.42. The third-order valence-corrected chi connectivity index (χ3v) is 4.45. The first-order chi connectivity index (χ1) is 7.20. The largest absolute Gasteiger partial charge is 0.335 e. The molecule has 2 atom stereocenters. The van der Waals surface area contributed by atoms with Crippen molar-refractivity contribution in [1.82, 2.24) is 4.90 Å². The molecule has 0 bridgehead atoms. The molecule has 1 fully saturated rings. The first-order valence-electron chi connectivity index (χ1n) is 5.17. The number of carbonyl (C=O) groups excluding carboxylic acids is 1. The highest BCUT2D eigenvalue weighted by molar-refractivity contribution is 9.10. The minimum Gasteiger partial charge on any atom is -0.335 e. The fraction of sp³-hybridized carbons (Fsp3) is 0.545. The number of amides is 1. The predicted molar refractivity (Wildman–Crippen MR) is 66.4 cm³/mol. The van der Waals surface area contributed by atoms with E-state index in [1.54, 1.807) is 11.3 Å². The number of halogens is 1. The van der Waals surface area contributed by atoms with E-state index in [2.05, 4.69) is 39.7 Å². The van der Waals surface area contributed by atoms with Crippen molar-refractivity contribution in [3.05, 3.63) is 22.4 Å². The summed E-state index contributed by atoms with van der Waals surface area (Å²) in [7, 11) is 0. The van der Waals surface area contributed by atoms with Crippen LogP contribution in [0.1, 0.15) is 31.4 Å². The van der Waals surface area contributed by atoms with Crippen LogP contribution in [0.2, 0.25) is 0 Å². The molecular weight excluding hydrogens is 274 g/mol. The van der Waals surface area contributed by atoms with Gasteiger partial charge in [-0.25, -0.2) is 0 Å². The van der Waals surface area contributed by atoms with Gasteiger partial charge in [-0.05, 0) is 42.2 Å². The summed E-state index contributed by atoms with van der Waals surface area (Å²) >= 11 is 5.12. The van der Waals surface area contributed by atoms with E-state index in [0.717, 1.165) is 19.4 Å². The summed E-state index contributed by atoms with van der Waals surface area (Å²) in [6, 6.07) is 2.31. The summed E-state index contributed by atoms with van der Waals surface area (Å²) in [4.78, 5) is 13.9. The Morgan fingerprint density at radius 1 is 1.67 bits per heavy atom. The molecule has 2 rings (SSSR count). The Balaban J connectivity index is 2.13. The van der Waals surface area contributed by atoms with Crippen molar-refractivity contribution in [3.63, 3.8) is 0 Å². The standard InChI is InChI=1S/C11H14BrNOS/c1-8(9-4-6-15-7-9)13-5-2-3-10(12)11(13)14/h4,6-8,10H,2-3,5H2,1H3. The van der Waals surface area contributed by atoms with Gasteiger partial charge < -0.3 is 4.90 Å². The molecule has 15 heavy (non-hydrogen) atoms. The lowest BCUT2D eigenvalue weighted by molar-refractivity contribution is -0.134.